The summed E-state index contributed by atoms with van der Waals surface area (Å²) in [5, 5.41) is 2.76. The molecule has 0 bridgehead atoms. The van der Waals surface area contributed by atoms with Crippen molar-refractivity contribution in [3.63, 3.8) is 0 Å². The molecular formula is C13H19BrClFN2O2. The van der Waals surface area contributed by atoms with Crippen LogP contribution in [0.2, 0.25) is 0 Å². The van der Waals surface area contributed by atoms with Crippen LogP contribution in [-0.2, 0) is 4.79 Å². The number of nitrogens with one attached hydrogen (secondary N) is 1. The predicted octanol–water partition coefficient (Wildman–Crippen LogP) is 2.63. The third kappa shape index (κ3) is 6.54. The summed E-state index contributed by atoms with van der Waals surface area (Å²) < 4.78 is 18.9. The Morgan fingerprint density at radius 3 is 2.80 bits per heavy atom. The van der Waals surface area contributed by atoms with Crippen LogP contribution in [0.4, 0.5) is 4.39 Å². The molecule has 0 saturated carbocycles. The van der Waals surface area contributed by atoms with E-state index >= 15 is 0 Å². The number of carbonyl (C=O) groups is 1. The van der Waals surface area contributed by atoms with E-state index in [1.807, 2.05) is 0 Å². The van der Waals surface area contributed by atoms with Crippen molar-refractivity contribution in [1.29, 1.82) is 0 Å². The molecule has 7 heteroatoms. The molecule has 114 valence electrons. The van der Waals surface area contributed by atoms with E-state index in [0.29, 0.717) is 23.3 Å². The highest BCUT2D eigenvalue weighted by molar-refractivity contribution is 9.10. The summed E-state index contributed by atoms with van der Waals surface area (Å²) in [6.45, 7) is 2.84. The fourth-order valence-electron chi connectivity index (χ4n) is 1.44. The van der Waals surface area contributed by atoms with E-state index < -0.39 is 6.10 Å². The molecule has 0 heterocycles. The molecule has 0 aliphatic carbocycles. The molecule has 3 N–H and O–H groups in total. The van der Waals surface area contributed by atoms with Gasteiger partial charge in [-0.25, -0.2) is 4.39 Å². The lowest BCUT2D eigenvalue weighted by Gasteiger charge is -2.15. The SMILES string of the molecule is CC(Oc1ccc(F)cc1Br)C(=O)NCCCCN.Cl. The normalized spacial score (nSPS) is 11.4. The van der Waals surface area contributed by atoms with Gasteiger partial charge < -0.3 is 15.8 Å². The van der Waals surface area contributed by atoms with Gasteiger partial charge in [-0.3, -0.25) is 4.79 Å². The van der Waals surface area contributed by atoms with E-state index in [1.54, 1.807) is 6.92 Å². The average molecular weight is 370 g/mol. The van der Waals surface area contributed by atoms with Gasteiger partial charge in [0, 0.05) is 6.54 Å². The third-order valence-electron chi connectivity index (χ3n) is 2.50. The van der Waals surface area contributed by atoms with Crippen LogP contribution in [0, 0.1) is 5.82 Å². The van der Waals surface area contributed by atoms with E-state index in [1.165, 1.54) is 18.2 Å². The highest BCUT2D eigenvalue weighted by atomic mass is 79.9. The molecular weight excluding hydrogens is 351 g/mol. The first-order chi connectivity index (χ1) is 9.04. The largest absolute Gasteiger partial charge is 0.480 e. The quantitative estimate of drug-likeness (QED) is 0.726. The third-order valence-corrected chi connectivity index (χ3v) is 3.12. The first-order valence-corrected chi connectivity index (χ1v) is 6.93. The Balaban J connectivity index is 0.00000361. The predicted molar refractivity (Wildman–Crippen MR) is 82.7 cm³/mol. The lowest BCUT2D eigenvalue weighted by Crippen LogP contribution is -2.37. The van der Waals surface area contributed by atoms with E-state index in [-0.39, 0.29) is 24.1 Å². The molecule has 20 heavy (non-hydrogen) atoms. The molecule has 1 rings (SSSR count). The first kappa shape index (κ1) is 19.1. The van der Waals surface area contributed by atoms with E-state index in [9.17, 15) is 9.18 Å². The molecule has 1 amide bonds. The van der Waals surface area contributed by atoms with E-state index in [0.717, 1.165) is 12.8 Å². The number of carbonyl (C=O) groups excluding carboxylic acids is 1. The second-order valence-corrected chi connectivity index (χ2v) is 4.98. The number of unbranched alkanes of at least 4 members (excludes halogenated alkanes) is 1. The smallest absolute Gasteiger partial charge is 0.260 e. The summed E-state index contributed by atoms with van der Waals surface area (Å²) in [6.07, 6.45) is 1.08. The van der Waals surface area contributed by atoms with Crippen molar-refractivity contribution in [2.45, 2.75) is 25.9 Å². The minimum Gasteiger partial charge on any atom is -0.480 e. The maximum Gasteiger partial charge on any atom is 0.260 e. The summed E-state index contributed by atoms with van der Waals surface area (Å²) in [5.74, 6) is -0.127. The van der Waals surface area contributed by atoms with E-state index in [2.05, 4.69) is 21.2 Å². The Labute approximate surface area is 132 Å². The highest BCUT2D eigenvalue weighted by Gasteiger charge is 2.15. The van der Waals surface area contributed by atoms with Gasteiger partial charge in [-0.15, -0.1) is 12.4 Å². The van der Waals surface area contributed by atoms with Crippen LogP contribution in [0.25, 0.3) is 0 Å². The van der Waals surface area contributed by atoms with Crippen LogP contribution in [0.15, 0.2) is 22.7 Å². The zero-order valence-electron chi connectivity index (χ0n) is 11.2. The van der Waals surface area contributed by atoms with Crippen LogP contribution in [0.3, 0.4) is 0 Å². The van der Waals surface area contributed by atoms with Gasteiger partial charge in [-0.05, 0) is 60.4 Å². The summed E-state index contributed by atoms with van der Waals surface area (Å²) in [6, 6.07) is 4.06. The Hall–Kier alpha value is -0.850. The molecule has 0 spiro atoms. The minimum absolute atomic E-state index is 0. The average Bonchev–Trinajstić information content (AvgIpc) is 2.37. The monoisotopic (exact) mass is 368 g/mol. The van der Waals surface area contributed by atoms with Crippen LogP contribution >= 0.6 is 28.3 Å². The zero-order valence-corrected chi connectivity index (χ0v) is 13.6. The second-order valence-electron chi connectivity index (χ2n) is 4.12. The van der Waals surface area contributed by atoms with Gasteiger partial charge in [0.25, 0.3) is 5.91 Å². The zero-order chi connectivity index (χ0) is 14.3. The summed E-state index contributed by atoms with van der Waals surface area (Å²) in [7, 11) is 0. The Morgan fingerprint density at radius 2 is 2.20 bits per heavy atom. The number of hydrogen-bond donors (Lipinski definition) is 2. The second kappa shape index (κ2) is 9.96. The van der Waals surface area contributed by atoms with Crippen molar-refractivity contribution in [2.24, 2.45) is 5.73 Å². The topological polar surface area (TPSA) is 64.3 Å². The number of nitrogens with two attached hydrogens (primary N) is 1. The Morgan fingerprint density at radius 1 is 1.50 bits per heavy atom. The molecule has 0 aromatic heterocycles. The number of halogens is 3. The van der Waals surface area contributed by atoms with Gasteiger partial charge in [0.1, 0.15) is 11.6 Å². The molecule has 1 aromatic carbocycles. The van der Waals surface area contributed by atoms with Crippen molar-refractivity contribution in [3.05, 3.63) is 28.5 Å². The maximum atomic E-state index is 12.9. The highest BCUT2D eigenvalue weighted by Crippen LogP contribution is 2.26. The lowest BCUT2D eigenvalue weighted by molar-refractivity contribution is -0.127. The fourth-order valence-corrected chi connectivity index (χ4v) is 1.88. The van der Waals surface area contributed by atoms with Crippen LogP contribution in [0.5, 0.6) is 5.75 Å². The molecule has 1 atom stereocenters. The lowest BCUT2D eigenvalue weighted by atomic mass is 10.3. The number of rotatable bonds is 7. The van der Waals surface area contributed by atoms with Gasteiger partial charge in [0.15, 0.2) is 6.10 Å². The Kier molecular flexibility index (Phi) is 9.54. The molecule has 0 aliphatic heterocycles. The standard InChI is InChI=1S/C13H18BrFN2O2.ClH/c1-9(13(18)17-7-3-2-6-16)19-12-5-4-10(15)8-11(12)14;/h4-5,8-9H,2-3,6-7,16H2,1H3,(H,17,18);1H. The molecule has 0 saturated heterocycles. The van der Waals surface area contributed by atoms with Gasteiger partial charge in [0.05, 0.1) is 4.47 Å². The summed E-state index contributed by atoms with van der Waals surface area (Å²) in [5.41, 5.74) is 5.36. The van der Waals surface area contributed by atoms with Crippen molar-refractivity contribution in [1.82, 2.24) is 5.32 Å². The maximum absolute atomic E-state index is 12.9. The van der Waals surface area contributed by atoms with E-state index in [4.69, 9.17) is 10.5 Å². The van der Waals surface area contributed by atoms with Gasteiger partial charge in [0.2, 0.25) is 0 Å². The number of hydrogen-bond acceptors (Lipinski definition) is 3. The molecule has 0 radical (unpaired) electrons. The minimum atomic E-state index is -0.639. The van der Waals surface area contributed by atoms with Crippen molar-refractivity contribution < 1.29 is 13.9 Å². The summed E-state index contributed by atoms with van der Waals surface area (Å²) >= 11 is 3.19. The molecule has 1 aromatic rings. The van der Waals surface area contributed by atoms with Gasteiger partial charge in [-0.2, -0.15) is 0 Å². The van der Waals surface area contributed by atoms with Crippen molar-refractivity contribution >= 4 is 34.2 Å². The molecule has 0 aliphatic rings. The fraction of sp³-hybridized carbons (Fsp3) is 0.462. The Bertz CT molecular complexity index is 435. The number of benzene rings is 1. The van der Waals surface area contributed by atoms with Crippen LogP contribution < -0.4 is 15.8 Å². The molecule has 1 unspecified atom stereocenters. The van der Waals surface area contributed by atoms with Gasteiger partial charge in [-0.1, -0.05) is 0 Å². The van der Waals surface area contributed by atoms with Crippen molar-refractivity contribution in [3.8, 4) is 5.75 Å². The van der Waals surface area contributed by atoms with Crippen LogP contribution in [-0.4, -0.2) is 25.1 Å². The number of ether oxygens (including phenoxy) is 1. The summed E-state index contributed by atoms with van der Waals surface area (Å²) in [4.78, 5) is 11.7. The molecule has 0 fully saturated rings. The van der Waals surface area contributed by atoms with Crippen molar-refractivity contribution in [2.75, 3.05) is 13.1 Å². The van der Waals surface area contributed by atoms with Crippen LogP contribution in [0.1, 0.15) is 19.8 Å². The van der Waals surface area contributed by atoms with Gasteiger partial charge >= 0.3 is 0 Å². The first-order valence-electron chi connectivity index (χ1n) is 6.14. The molecule has 4 nitrogen and oxygen atoms in total. The number of amides is 1.